The minimum Gasteiger partial charge on any atom is -0.490 e. The van der Waals surface area contributed by atoms with Crippen molar-refractivity contribution in [3.05, 3.63) is 53.6 Å². The van der Waals surface area contributed by atoms with Gasteiger partial charge in [0.1, 0.15) is 11.5 Å². The van der Waals surface area contributed by atoms with E-state index in [1.807, 2.05) is 36.4 Å². The van der Waals surface area contributed by atoms with E-state index in [2.05, 4.69) is 11.4 Å². The van der Waals surface area contributed by atoms with Crippen molar-refractivity contribution >= 4 is 11.6 Å². The van der Waals surface area contributed by atoms with Crippen LogP contribution in [0.3, 0.4) is 0 Å². The van der Waals surface area contributed by atoms with Gasteiger partial charge in [-0.15, -0.1) is 0 Å². The highest BCUT2D eigenvalue weighted by Gasteiger charge is 2.20. The molecule has 4 rings (SSSR count). The Morgan fingerprint density at radius 2 is 1.75 bits per heavy atom. The summed E-state index contributed by atoms with van der Waals surface area (Å²) in [5.41, 5.74) is 3.38. The van der Waals surface area contributed by atoms with Crippen LogP contribution >= 0.6 is 0 Å². The van der Waals surface area contributed by atoms with Crippen LogP contribution < -0.4 is 14.8 Å². The van der Waals surface area contributed by atoms with Crippen LogP contribution in [0.1, 0.15) is 56.6 Å². The first-order valence-electron chi connectivity index (χ1n) is 10.5. The fourth-order valence-electron chi connectivity index (χ4n) is 4.16. The molecule has 1 fully saturated rings. The number of hydrogen-bond donors (Lipinski definition) is 1. The largest absolute Gasteiger partial charge is 0.490 e. The van der Waals surface area contributed by atoms with E-state index in [9.17, 15) is 4.79 Å². The molecule has 0 heterocycles. The number of nitrogens with one attached hydrogen (secondary N) is 1. The van der Waals surface area contributed by atoms with Crippen molar-refractivity contribution < 1.29 is 14.3 Å². The first-order chi connectivity index (χ1) is 13.7. The molecule has 1 N–H and O–H groups in total. The van der Waals surface area contributed by atoms with E-state index in [1.54, 1.807) is 6.92 Å². The van der Waals surface area contributed by atoms with Crippen LogP contribution in [-0.4, -0.2) is 18.1 Å². The molecule has 2 aliphatic rings. The fourth-order valence-corrected chi connectivity index (χ4v) is 4.16. The van der Waals surface area contributed by atoms with Gasteiger partial charge < -0.3 is 14.8 Å². The number of anilines is 1. The molecule has 0 bridgehead atoms. The minimum absolute atomic E-state index is 0.141. The van der Waals surface area contributed by atoms with E-state index in [4.69, 9.17) is 9.47 Å². The van der Waals surface area contributed by atoms with E-state index < -0.39 is 6.10 Å². The summed E-state index contributed by atoms with van der Waals surface area (Å²) in [5, 5.41) is 2.94. The zero-order valence-corrected chi connectivity index (χ0v) is 16.6. The van der Waals surface area contributed by atoms with Crippen molar-refractivity contribution in [2.24, 2.45) is 0 Å². The third-order valence-corrected chi connectivity index (χ3v) is 5.75. The van der Waals surface area contributed by atoms with Gasteiger partial charge in [-0.2, -0.15) is 0 Å². The molecule has 2 aliphatic carbocycles. The van der Waals surface area contributed by atoms with E-state index >= 15 is 0 Å². The summed E-state index contributed by atoms with van der Waals surface area (Å²) in [5.74, 6) is 1.57. The van der Waals surface area contributed by atoms with Gasteiger partial charge in [-0.25, -0.2) is 0 Å². The topological polar surface area (TPSA) is 47.6 Å². The summed E-state index contributed by atoms with van der Waals surface area (Å²) in [4.78, 5) is 12.6. The van der Waals surface area contributed by atoms with E-state index in [0.717, 1.165) is 42.9 Å². The Labute approximate surface area is 167 Å². The summed E-state index contributed by atoms with van der Waals surface area (Å²) in [6.07, 6.45) is 9.10. The highest BCUT2D eigenvalue weighted by Crippen LogP contribution is 2.30. The van der Waals surface area contributed by atoms with Gasteiger partial charge in [0.05, 0.1) is 6.10 Å². The Balaban J connectivity index is 1.34. The van der Waals surface area contributed by atoms with Crippen LogP contribution in [0.15, 0.2) is 42.5 Å². The minimum atomic E-state index is -0.553. The summed E-state index contributed by atoms with van der Waals surface area (Å²) in [6, 6.07) is 13.8. The molecule has 1 saturated carbocycles. The first kappa shape index (κ1) is 18.9. The molecule has 0 aromatic heterocycles. The normalized spacial score (nSPS) is 17.6. The van der Waals surface area contributed by atoms with Crippen molar-refractivity contribution in [3.8, 4) is 11.5 Å². The highest BCUT2D eigenvalue weighted by molar-refractivity contribution is 5.94. The molecule has 28 heavy (non-hydrogen) atoms. The third-order valence-electron chi connectivity index (χ3n) is 5.75. The maximum Gasteiger partial charge on any atom is 0.265 e. The lowest BCUT2D eigenvalue weighted by Gasteiger charge is -2.22. The molecule has 4 heteroatoms. The van der Waals surface area contributed by atoms with Crippen molar-refractivity contribution in [3.63, 3.8) is 0 Å². The Bertz CT molecular complexity index is 809. The lowest BCUT2D eigenvalue weighted by atomic mass is 9.91. The van der Waals surface area contributed by atoms with Gasteiger partial charge in [0, 0.05) is 5.69 Å². The molecule has 148 valence electrons. The number of aryl methyl sites for hydroxylation is 1. The average molecular weight is 380 g/mol. The van der Waals surface area contributed by atoms with Gasteiger partial charge in [0.25, 0.3) is 5.91 Å². The lowest BCUT2D eigenvalue weighted by molar-refractivity contribution is -0.122. The molecule has 1 atom stereocenters. The summed E-state index contributed by atoms with van der Waals surface area (Å²) in [6.45, 7) is 1.80. The predicted octanol–water partition coefficient (Wildman–Crippen LogP) is 5.29. The van der Waals surface area contributed by atoms with Crippen LogP contribution in [0.25, 0.3) is 0 Å². The molecule has 2 aromatic carbocycles. The summed E-state index contributed by atoms with van der Waals surface area (Å²) >= 11 is 0. The monoisotopic (exact) mass is 379 g/mol. The van der Waals surface area contributed by atoms with Gasteiger partial charge in [-0.05, 0) is 99.7 Å². The Morgan fingerprint density at radius 3 is 2.54 bits per heavy atom. The second-order valence-corrected chi connectivity index (χ2v) is 7.90. The van der Waals surface area contributed by atoms with Crippen LogP contribution in [-0.2, 0) is 17.6 Å². The second kappa shape index (κ2) is 8.68. The van der Waals surface area contributed by atoms with Crippen molar-refractivity contribution in [1.29, 1.82) is 0 Å². The number of carbonyl (C=O) groups is 1. The Hall–Kier alpha value is -2.49. The SMILES string of the molecule is C[C@@H](Oc1cccc2c1CCCC2)C(=O)Nc1ccc(OC2CCCC2)cc1. The molecule has 0 saturated heterocycles. The van der Waals surface area contributed by atoms with Gasteiger partial charge >= 0.3 is 0 Å². The van der Waals surface area contributed by atoms with Gasteiger partial charge in [0.2, 0.25) is 0 Å². The number of amides is 1. The number of ether oxygens (including phenoxy) is 2. The van der Waals surface area contributed by atoms with Crippen LogP contribution in [0.4, 0.5) is 5.69 Å². The smallest absolute Gasteiger partial charge is 0.265 e. The zero-order valence-electron chi connectivity index (χ0n) is 16.6. The highest BCUT2D eigenvalue weighted by atomic mass is 16.5. The molecule has 0 radical (unpaired) electrons. The second-order valence-electron chi connectivity index (χ2n) is 7.90. The summed E-state index contributed by atoms with van der Waals surface area (Å²) < 4.78 is 12.0. The number of fused-ring (bicyclic) bond motifs is 1. The van der Waals surface area contributed by atoms with Crippen LogP contribution in [0, 0.1) is 0 Å². The predicted molar refractivity (Wildman–Crippen MR) is 111 cm³/mol. The van der Waals surface area contributed by atoms with E-state index in [1.165, 1.54) is 36.8 Å². The molecule has 0 aliphatic heterocycles. The first-order valence-corrected chi connectivity index (χ1v) is 10.5. The maximum atomic E-state index is 12.6. The van der Waals surface area contributed by atoms with E-state index in [0.29, 0.717) is 6.10 Å². The average Bonchev–Trinajstić information content (AvgIpc) is 3.23. The van der Waals surface area contributed by atoms with Gasteiger partial charge in [0.15, 0.2) is 6.10 Å². The Kier molecular flexibility index (Phi) is 5.84. The maximum absolute atomic E-state index is 12.6. The quantitative estimate of drug-likeness (QED) is 0.741. The molecule has 0 spiro atoms. The third kappa shape index (κ3) is 4.49. The van der Waals surface area contributed by atoms with E-state index in [-0.39, 0.29) is 5.91 Å². The number of benzene rings is 2. The van der Waals surface area contributed by atoms with Crippen LogP contribution in [0.2, 0.25) is 0 Å². The number of hydrogen-bond acceptors (Lipinski definition) is 3. The van der Waals surface area contributed by atoms with Crippen molar-refractivity contribution in [1.82, 2.24) is 0 Å². The number of rotatable bonds is 6. The molecule has 0 unspecified atom stereocenters. The van der Waals surface area contributed by atoms with Crippen molar-refractivity contribution in [2.45, 2.75) is 70.5 Å². The fraction of sp³-hybridized carbons (Fsp3) is 0.458. The van der Waals surface area contributed by atoms with Gasteiger partial charge in [-0.1, -0.05) is 12.1 Å². The summed E-state index contributed by atoms with van der Waals surface area (Å²) in [7, 11) is 0. The van der Waals surface area contributed by atoms with Crippen molar-refractivity contribution in [2.75, 3.05) is 5.32 Å². The molecule has 4 nitrogen and oxygen atoms in total. The van der Waals surface area contributed by atoms with Gasteiger partial charge in [-0.3, -0.25) is 4.79 Å². The molecular formula is C24H29NO3. The number of carbonyl (C=O) groups excluding carboxylic acids is 1. The molecular weight excluding hydrogens is 350 g/mol. The standard InChI is InChI=1S/C24H29NO3/c1-17(27-23-12-6-8-18-7-2-5-11-22(18)23)24(26)25-19-13-15-21(16-14-19)28-20-9-3-4-10-20/h6,8,12-17,20H,2-5,7,9-11H2,1H3,(H,25,26)/t17-/m1/s1. The lowest BCUT2D eigenvalue weighted by Crippen LogP contribution is -2.30. The zero-order chi connectivity index (χ0) is 19.3. The molecule has 1 amide bonds. The molecule has 2 aromatic rings. The van der Waals surface area contributed by atoms with Crippen LogP contribution in [0.5, 0.6) is 11.5 Å². The Morgan fingerprint density at radius 1 is 1.00 bits per heavy atom.